The number of hydrogen-bond donors (Lipinski definition) is 3. The van der Waals surface area contributed by atoms with Crippen molar-refractivity contribution in [2.45, 2.75) is 11.3 Å². The minimum atomic E-state index is -3.52. The second kappa shape index (κ2) is 8.76. The third-order valence-electron chi connectivity index (χ3n) is 2.71. The minimum Gasteiger partial charge on any atom is -0.356 e. The second-order valence-electron chi connectivity index (χ2n) is 4.29. The molecule has 1 aromatic rings. The molecule has 0 bridgehead atoms. The van der Waals surface area contributed by atoms with Gasteiger partial charge in [-0.2, -0.15) is 0 Å². The Labute approximate surface area is 146 Å². The molecule has 9 heteroatoms. The van der Waals surface area contributed by atoms with Crippen LogP contribution >= 0.6 is 35.6 Å². The monoisotopic (exact) mass is 444 g/mol. The normalized spacial score (nSPS) is 14.6. The smallest absolute Gasteiger partial charge is 0.240 e. The number of rotatable bonds is 5. The molecule has 0 radical (unpaired) electrons. The van der Waals surface area contributed by atoms with Gasteiger partial charge in [-0.15, -0.1) is 24.0 Å². The van der Waals surface area contributed by atoms with Gasteiger partial charge in [0.1, 0.15) is 0 Å². The Kier molecular flexibility index (Phi) is 7.71. The molecule has 0 spiro atoms. The lowest BCUT2D eigenvalue weighted by Crippen LogP contribution is -2.43. The van der Waals surface area contributed by atoms with E-state index in [-0.39, 0.29) is 35.4 Å². The first-order chi connectivity index (χ1) is 9.58. The van der Waals surface area contributed by atoms with E-state index in [0.29, 0.717) is 11.6 Å². The highest BCUT2D eigenvalue weighted by Gasteiger charge is 2.13. The lowest BCUT2D eigenvalue weighted by atomic mass is 10.4. The molecule has 0 unspecified atom stereocenters. The predicted molar refractivity (Wildman–Crippen MR) is 95.0 cm³/mol. The summed E-state index contributed by atoms with van der Waals surface area (Å²) in [7, 11) is -3.52. The van der Waals surface area contributed by atoms with E-state index in [4.69, 9.17) is 11.6 Å². The van der Waals surface area contributed by atoms with Crippen molar-refractivity contribution in [3.05, 3.63) is 29.3 Å². The summed E-state index contributed by atoms with van der Waals surface area (Å²) >= 11 is 5.79. The van der Waals surface area contributed by atoms with Gasteiger partial charge in [0.2, 0.25) is 10.0 Å². The van der Waals surface area contributed by atoms with Gasteiger partial charge in [-0.1, -0.05) is 17.7 Å². The van der Waals surface area contributed by atoms with Gasteiger partial charge in [0.15, 0.2) is 5.96 Å². The topological polar surface area (TPSA) is 82.6 Å². The summed E-state index contributed by atoms with van der Waals surface area (Å²) in [4.78, 5) is 4.40. The molecule has 1 aromatic carbocycles. The summed E-state index contributed by atoms with van der Waals surface area (Å²) in [6, 6.07) is 6.17. The molecule has 3 N–H and O–H groups in total. The Morgan fingerprint density at radius 2 is 2.14 bits per heavy atom. The fourth-order valence-electron chi connectivity index (χ4n) is 1.73. The molecule has 0 aliphatic carbocycles. The number of nitrogens with one attached hydrogen (secondary N) is 3. The molecule has 0 saturated heterocycles. The molecule has 1 aliphatic rings. The standard InChI is InChI=1S/C12H17ClN4O2S.HI/c13-10-3-1-4-11(9-10)20(18,19)17-8-7-16-12-14-5-2-6-15-12;/h1,3-4,9,17H,2,5-8H2,(H2,14,15,16);1H. The zero-order chi connectivity index (χ0) is 14.4. The first-order valence-corrected chi connectivity index (χ1v) is 8.21. The maximum absolute atomic E-state index is 12.0. The van der Waals surface area contributed by atoms with Crippen molar-refractivity contribution in [2.75, 3.05) is 26.2 Å². The summed E-state index contributed by atoms with van der Waals surface area (Å²) in [6.07, 6.45) is 1.02. The van der Waals surface area contributed by atoms with Gasteiger partial charge in [0.25, 0.3) is 0 Å². The number of halogens is 2. The molecule has 1 heterocycles. The van der Waals surface area contributed by atoms with Crippen molar-refractivity contribution >= 4 is 51.6 Å². The number of nitrogens with zero attached hydrogens (tertiary/aromatic N) is 1. The van der Waals surface area contributed by atoms with Gasteiger partial charge in [0, 0.05) is 31.2 Å². The highest BCUT2D eigenvalue weighted by molar-refractivity contribution is 14.0. The van der Waals surface area contributed by atoms with Gasteiger partial charge in [-0.25, -0.2) is 13.1 Å². The van der Waals surface area contributed by atoms with E-state index in [1.165, 1.54) is 12.1 Å². The van der Waals surface area contributed by atoms with Crippen molar-refractivity contribution in [3.63, 3.8) is 0 Å². The van der Waals surface area contributed by atoms with Gasteiger partial charge >= 0.3 is 0 Å². The van der Waals surface area contributed by atoms with E-state index in [2.05, 4.69) is 20.3 Å². The van der Waals surface area contributed by atoms with Gasteiger partial charge in [-0.05, 0) is 24.6 Å². The van der Waals surface area contributed by atoms with Crippen molar-refractivity contribution in [1.82, 2.24) is 15.4 Å². The van der Waals surface area contributed by atoms with Crippen molar-refractivity contribution < 1.29 is 8.42 Å². The molecule has 0 amide bonds. The van der Waals surface area contributed by atoms with E-state index in [0.717, 1.165) is 25.5 Å². The van der Waals surface area contributed by atoms with Crippen LogP contribution in [0.5, 0.6) is 0 Å². The van der Waals surface area contributed by atoms with E-state index >= 15 is 0 Å². The van der Waals surface area contributed by atoms with Crippen molar-refractivity contribution in [2.24, 2.45) is 4.99 Å². The van der Waals surface area contributed by atoms with Crippen LogP contribution in [0.1, 0.15) is 6.42 Å². The summed E-state index contributed by atoms with van der Waals surface area (Å²) in [5.74, 6) is 0.721. The largest absolute Gasteiger partial charge is 0.356 e. The van der Waals surface area contributed by atoms with Crippen LogP contribution < -0.4 is 15.4 Å². The second-order valence-corrected chi connectivity index (χ2v) is 6.50. The SMILES string of the molecule is I.O=S(=O)(NCCNC1=NCCCN1)c1cccc(Cl)c1. The number of guanidine groups is 1. The number of hydrogen-bond acceptors (Lipinski definition) is 5. The summed E-state index contributed by atoms with van der Waals surface area (Å²) in [5, 5.41) is 6.54. The number of sulfonamides is 1. The third kappa shape index (κ3) is 5.97. The Morgan fingerprint density at radius 1 is 1.33 bits per heavy atom. The first kappa shape index (κ1) is 18.5. The van der Waals surface area contributed by atoms with Crippen LogP contribution in [-0.4, -0.2) is 40.6 Å². The van der Waals surface area contributed by atoms with E-state index in [9.17, 15) is 8.42 Å². The molecular formula is C12H18ClIN4O2S. The quantitative estimate of drug-likeness (QED) is 0.470. The molecule has 118 valence electrons. The highest BCUT2D eigenvalue weighted by atomic mass is 127. The average molecular weight is 445 g/mol. The van der Waals surface area contributed by atoms with Crippen LogP contribution in [0.4, 0.5) is 0 Å². The van der Waals surface area contributed by atoms with Crippen molar-refractivity contribution in [3.8, 4) is 0 Å². The van der Waals surface area contributed by atoms with Crippen LogP contribution in [0.25, 0.3) is 0 Å². The lowest BCUT2D eigenvalue weighted by Gasteiger charge is -2.16. The Morgan fingerprint density at radius 3 is 2.81 bits per heavy atom. The van der Waals surface area contributed by atoms with Crippen LogP contribution in [0.3, 0.4) is 0 Å². The van der Waals surface area contributed by atoms with E-state index in [1.54, 1.807) is 12.1 Å². The Balaban J connectivity index is 0.00000220. The van der Waals surface area contributed by atoms with E-state index in [1.807, 2.05) is 0 Å². The first-order valence-electron chi connectivity index (χ1n) is 6.35. The molecule has 0 atom stereocenters. The molecule has 0 saturated carbocycles. The van der Waals surface area contributed by atoms with Crippen LogP contribution in [0.15, 0.2) is 34.2 Å². The third-order valence-corrected chi connectivity index (χ3v) is 4.41. The fraction of sp³-hybridized carbons (Fsp3) is 0.417. The molecule has 0 aromatic heterocycles. The van der Waals surface area contributed by atoms with Crippen molar-refractivity contribution in [1.29, 1.82) is 0 Å². The number of aliphatic imine (C=N–C) groups is 1. The fourth-order valence-corrected chi connectivity index (χ4v) is 3.07. The minimum absolute atomic E-state index is 0. The van der Waals surface area contributed by atoms with Gasteiger partial charge < -0.3 is 10.6 Å². The van der Waals surface area contributed by atoms with E-state index < -0.39 is 10.0 Å². The zero-order valence-corrected chi connectivity index (χ0v) is 15.2. The summed E-state index contributed by atoms with van der Waals surface area (Å²) < 4.78 is 26.5. The Hall–Kier alpha value is -0.580. The highest BCUT2D eigenvalue weighted by Crippen LogP contribution is 2.14. The predicted octanol–water partition coefficient (Wildman–Crippen LogP) is 1.18. The summed E-state index contributed by atoms with van der Waals surface area (Å²) in [6.45, 7) is 2.42. The molecule has 2 rings (SSSR count). The molecule has 6 nitrogen and oxygen atoms in total. The lowest BCUT2D eigenvalue weighted by molar-refractivity contribution is 0.580. The molecular weight excluding hydrogens is 427 g/mol. The average Bonchev–Trinajstić information content (AvgIpc) is 2.45. The molecule has 0 fully saturated rings. The maximum atomic E-state index is 12.0. The van der Waals surface area contributed by atoms with Gasteiger partial charge in [-0.3, -0.25) is 4.99 Å². The molecule has 21 heavy (non-hydrogen) atoms. The van der Waals surface area contributed by atoms with Crippen LogP contribution in [0, 0.1) is 0 Å². The number of benzene rings is 1. The Bertz CT molecular complexity index is 595. The van der Waals surface area contributed by atoms with Crippen LogP contribution in [-0.2, 0) is 10.0 Å². The maximum Gasteiger partial charge on any atom is 0.240 e. The van der Waals surface area contributed by atoms with Crippen LogP contribution in [0.2, 0.25) is 5.02 Å². The van der Waals surface area contributed by atoms with Gasteiger partial charge in [0.05, 0.1) is 4.90 Å². The molecule has 1 aliphatic heterocycles. The summed E-state index contributed by atoms with van der Waals surface area (Å²) in [5.41, 5.74) is 0. The zero-order valence-electron chi connectivity index (χ0n) is 11.3.